The highest BCUT2D eigenvalue weighted by atomic mass is 16.5. The molecule has 11 heavy (non-hydrogen) atoms. The predicted octanol–water partition coefficient (Wildman–Crippen LogP) is 2.75. The van der Waals surface area contributed by atoms with Gasteiger partial charge >= 0.3 is 0 Å². The highest BCUT2D eigenvalue weighted by Crippen LogP contribution is 2.50. The van der Waals surface area contributed by atoms with Crippen LogP contribution in [0, 0.1) is 5.41 Å². The monoisotopic (exact) mass is 154 g/mol. The Morgan fingerprint density at radius 1 is 1.18 bits per heavy atom. The van der Waals surface area contributed by atoms with Crippen molar-refractivity contribution in [1.29, 1.82) is 0 Å². The van der Waals surface area contributed by atoms with Crippen LogP contribution in [0.1, 0.15) is 44.9 Å². The maximum atomic E-state index is 5.40. The van der Waals surface area contributed by atoms with Crippen LogP contribution in [0.25, 0.3) is 0 Å². The van der Waals surface area contributed by atoms with Gasteiger partial charge < -0.3 is 4.74 Å². The molecule has 2 saturated carbocycles. The van der Waals surface area contributed by atoms with Gasteiger partial charge in [0, 0.05) is 7.11 Å². The van der Waals surface area contributed by atoms with E-state index in [1.807, 2.05) is 7.11 Å². The molecule has 1 heteroatoms. The Balaban J connectivity index is 1.96. The van der Waals surface area contributed by atoms with Crippen LogP contribution in [0.15, 0.2) is 0 Å². The van der Waals surface area contributed by atoms with E-state index in [0.29, 0.717) is 6.10 Å². The minimum Gasteiger partial charge on any atom is -0.381 e. The summed E-state index contributed by atoms with van der Waals surface area (Å²) in [6.45, 7) is 0. The Hall–Kier alpha value is -0.0400. The summed E-state index contributed by atoms with van der Waals surface area (Å²) < 4.78 is 5.40. The molecule has 0 aromatic carbocycles. The summed E-state index contributed by atoms with van der Waals surface area (Å²) in [4.78, 5) is 0. The molecule has 2 aliphatic carbocycles. The maximum absolute atomic E-state index is 5.40. The first-order chi connectivity index (χ1) is 5.35. The van der Waals surface area contributed by atoms with Gasteiger partial charge in [0.25, 0.3) is 0 Å². The molecular formula is C10H18O. The van der Waals surface area contributed by atoms with E-state index < -0.39 is 0 Å². The van der Waals surface area contributed by atoms with Gasteiger partial charge in [0.15, 0.2) is 0 Å². The van der Waals surface area contributed by atoms with Crippen molar-refractivity contribution in [3.05, 3.63) is 0 Å². The highest BCUT2D eigenvalue weighted by molar-refractivity contribution is 4.92. The molecule has 0 saturated heterocycles. The van der Waals surface area contributed by atoms with Gasteiger partial charge in [0.05, 0.1) is 6.10 Å². The average molecular weight is 154 g/mol. The topological polar surface area (TPSA) is 9.23 Å². The molecular weight excluding hydrogens is 136 g/mol. The van der Waals surface area contributed by atoms with Crippen molar-refractivity contribution in [3.63, 3.8) is 0 Å². The zero-order chi connectivity index (χ0) is 7.73. The van der Waals surface area contributed by atoms with E-state index in [0.717, 1.165) is 5.41 Å². The van der Waals surface area contributed by atoms with Gasteiger partial charge in [-0.1, -0.05) is 12.8 Å². The minimum absolute atomic E-state index is 0.591. The van der Waals surface area contributed by atoms with E-state index >= 15 is 0 Å². The first-order valence-electron chi connectivity index (χ1n) is 4.87. The number of ether oxygens (including phenoxy) is 1. The summed E-state index contributed by atoms with van der Waals surface area (Å²) in [5.74, 6) is 0. The summed E-state index contributed by atoms with van der Waals surface area (Å²) >= 11 is 0. The molecule has 1 nitrogen and oxygen atoms in total. The van der Waals surface area contributed by atoms with Gasteiger partial charge in [0.2, 0.25) is 0 Å². The molecule has 0 N–H and O–H groups in total. The largest absolute Gasteiger partial charge is 0.381 e. The molecule has 2 fully saturated rings. The molecule has 0 aliphatic heterocycles. The molecule has 0 heterocycles. The molecule has 1 unspecified atom stereocenters. The molecule has 1 spiro atoms. The van der Waals surface area contributed by atoms with Crippen molar-refractivity contribution in [2.45, 2.75) is 51.0 Å². The number of methoxy groups -OCH3 is 1. The molecule has 2 rings (SSSR count). The van der Waals surface area contributed by atoms with Gasteiger partial charge in [-0.05, 0) is 37.5 Å². The van der Waals surface area contributed by atoms with E-state index in [-0.39, 0.29) is 0 Å². The van der Waals surface area contributed by atoms with Gasteiger partial charge in [-0.3, -0.25) is 0 Å². The van der Waals surface area contributed by atoms with E-state index in [1.54, 1.807) is 0 Å². The van der Waals surface area contributed by atoms with Crippen LogP contribution in [0.3, 0.4) is 0 Å². The average Bonchev–Trinajstić information content (AvgIpc) is 2.62. The van der Waals surface area contributed by atoms with Crippen LogP contribution < -0.4 is 0 Å². The van der Waals surface area contributed by atoms with E-state index in [1.165, 1.54) is 44.9 Å². The maximum Gasteiger partial charge on any atom is 0.0576 e. The second kappa shape index (κ2) is 2.78. The molecule has 0 bridgehead atoms. The lowest BCUT2D eigenvalue weighted by atomic mass is 9.85. The number of hydrogen-bond acceptors (Lipinski definition) is 1. The van der Waals surface area contributed by atoms with Crippen LogP contribution in [0.4, 0.5) is 0 Å². The van der Waals surface area contributed by atoms with Crippen LogP contribution in [0.2, 0.25) is 0 Å². The smallest absolute Gasteiger partial charge is 0.0576 e. The fourth-order valence-corrected chi connectivity index (χ4v) is 2.93. The Morgan fingerprint density at radius 2 is 1.91 bits per heavy atom. The molecule has 0 aromatic heterocycles. The Labute approximate surface area is 69.1 Å². The lowest BCUT2D eigenvalue weighted by molar-refractivity contribution is 0.0958. The summed E-state index contributed by atoms with van der Waals surface area (Å²) in [7, 11) is 1.86. The van der Waals surface area contributed by atoms with Crippen LogP contribution in [-0.2, 0) is 4.74 Å². The van der Waals surface area contributed by atoms with Crippen molar-refractivity contribution in [1.82, 2.24) is 0 Å². The fraction of sp³-hybridized carbons (Fsp3) is 1.00. The van der Waals surface area contributed by atoms with Gasteiger partial charge in [-0.2, -0.15) is 0 Å². The van der Waals surface area contributed by atoms with Gasteiger partial charge in [0.1, 0.15) is 0 Å². The second-order valence-corrected chi connectivity index (χ2v) is 4.31. The molecule has 0 amide bonds. The molecule has 0 radical (unpaired) electrons. The quantitative estimate of drug-likeness (QED) is 0.564. The molecule has 0 aromatic rings. The minimum atomic E-state index is 0.591. The lowest BCUT2D eigenvalue weighted by Crippen LogP contribution is -2.13. The molecule has 64 valence electrons. The Bertz CT molecular complexity index is 136. The standard InChI is InChI=1S/C10H18O/c1-11-9-4-7-10(8-9)5-2-3-6-10/h9H,2-8H2,1H3. The molecule has 2 aliphatic rings. The van der Waals surface area contributed by atoms with Crippen molar-refractivity contribution in [3.8, 4) is 0 Å². The third-order valence-electron chi connectivity index (χ3n) is 3.65. The van der Waals surface area contributed by atoms with Gasteiger partial charge in [-0.15, -0.1) is 0 Å². The van der Waals surface area contributed by atoms with Crippen molar-refractivity contribution in [2.24, 2.45) is 5.41 Å². The van der Waals surface area contributed by atoms with Gasteiger partial charge in [-0.25, -0.2) is 0 Å². The van der Waals surface area contributed by atoms with Crippen molar-refractivity contribution in [2.75, 3.05) is 7.11 Å². The summed E-state index contributed by atoms with van der Waals surface area (Å²) in [6.07, 6.45) is 10.6. The zero-order valence-electron chi connectivity index (χ0n) is 7.44. The highest BCUT2D eigenvalue weighted by Gasteiger charge is 2.40. The van der Waals surface area contributed by atoms with Crippen molar-refractivity contribution < 1.29 is 4.74 Å². The van der Waals surface area contributed by atoms with E-state index in [2.05, 4.69) is 0 Å². The predicted molar refractivity (Wildman–Crippen MR) is 45.5 cm³/mol. The van der Waals surface area contributed by atoms with Crippen LogP contribution in [-0.4, -0.2) is 13.2 Å². The first kappa shape index (κ1) is 7.60. The third-order valence-corrected chi connectivity index (χ3v) is 3.65. The zero-order valence-corrected chi connectivity index (χ0v) is 7.44. The normalized spacial score (nSPS) is 35.2. The Kier molecular flexibility index (Phi) is 1.92. The summed E-state index contributed by atoms with van der Waals surface area (Å²) in [5.41, 5.74) is 0.737. The SMILES string of the molecule is COC1CCC2(CCCC2)C1. The number of hydrogen-bond donors (Lipinski definition) is 0. The van der Waals surface area contributed by atoms with Crippen LogP contribution >= 0.6 is 0 Å². The van der Waals surface area contributed by atoms with E-state index in [4.69, 9.17) is 4.74 Å². The summed E-state index contributed by atoms with van der Waals surface area (Å²) in [5, 5.41) is 0. The third kappa shape index (κ3) is 1.31. The van der Waals surface area contributed by atoms with Crippen LogP contribution in [0.5, 0.6) is 0 Å². The Morgan fingerprint density at radius 3 is 2.45 bits per heavy atom. The molecule has 1 atom stereocenters. The summed E-state index contributed by atoms with van der Waals surface area (Å²) in [6, 6.07) is 0. The number of rotatable bonds is 1. The van der Waals surface area contributed by atoms with Crippen molar-refractivity contribution >= 4 is 0 Å². The van der Waals surface area contributed by atoms with E-state index in [9.17, 15) is 0 Å². The first-order valence-corrected chi connectivity index (χ1v) is 4.87. The second-order valence-electron chi connectivity index (χ2n) is 4.31. The lowest BCUT2D eigenvalue weighted by Gasteiger charge is -2.21. The fourth-order valence-electron chi connectivity index (χ4n) is 2.93.